The van der Waals surface area contributed by atoms with E-state index < -0.39 is 78.5 Å². The molecule has 8 unspecified atom stereocenters. The van der Waals surface area contributed by atoms with Crippen LogP contribution in [0.3, 0.4) is 0 Å². The molecule has 0 aromatic heterocycles. The van der Waals surface area contributed by atoms with E-state index in [-0.39, 0.29) is 6.42 Å². The maximum Gasteiger partial charge on any atom is 0.397 e. The van der Waals surface area contributed by atoms with Crippen LogP contribution in [0.2, 0.25) is 0 Å². The molecule has 0 saturated carbocycles. The number of rotatable bonds is 36. The molecule has 0 aromatic rings. The van der Waals surface area contributed by atoms with Crippen molar-refractivity contribution in [3.05, 3.63) is 12.2 Å². The van der Waals surface area contributed by atoms with Gasteiger partial charge in [-0.15, -0.1) is 0 Å². The molecular formula is C41H79NO12S. The van der Waals surface area contributed by atoms with E-state index in [0.29, 0.717) is 19.3 Å². The highest BCUT2D eigenvalue weighted by Gasteiger charge is 2.48. The van der Waals surface area contributed by atoms with Crippen molar-refractivity contribution in [2.45, 2.75) is 230 Å². The topological polar surface area (TPSA) is 212 Å². The number of ether oxygens (including phenoxy) is 2. The Morgan fingerprint density at radius 1 is 0.709 bits per heavy atom. The third kappa shape index (κ3) is 25.7. The normalized spacial score (nSPS) is 22.2. The van der Waals surface area contributed by atoms with Crippen molar-refractivity contribution in [1.82, 2.24) is 5.32 Å². The average molecular weight is 810 g/mol. The number of amides is 1. The molecule has 13 nitrogen and oxygen atoms in total. The van der Waals surface area contributed by atoms with E-state index in [1.54, 1.807) is 0 Å². The number of allylic oxidation sites excluding steroid dienone is 2. The Labute approximate surface area is 333 Å². The second-order valence-electron chi connectivity index (χ2n) is 15.4. The van der Waals surface area contributed by atoms with Crippen LogP contribution in [0.4, 0.5) is 0 Å². The third-order valence-corrected chi connectivity index (χ3v) is 10.9. The summed E-state index contributed by atoms with van der Waals surface area (Å²) in [4.78, 5) is 13.0. The number of aliphatic hydroxyl groups is 5. The highest BCUT2D eigenvalue weighted by atomic mass is 32.3. The number of carbonyl (C=O) groups excluding carboxylic acids is 1. The quantitative estimate of drug-likeness (QED) is 0.0203. The van der Waals surface area contributed by atoms with Crippen LogP contribution in [0.15, 0.2) is 12.2 Å². The first-order valence-electron chi connectivity index (χ1n) is 21.7. The number of nitrogens with one attached hydrogen (secondary N) is 1. The smallest absolute Gasteiger partial charge is 0.394 e. The van der Waals surface area contributed by atoms with E-state index in [1.807, 2.05) is 0 Å². The van der Waals surface area contributed by atoms with E-state index in [1.165, 1.54) is 89.9 Å². The first-order chi connectivity index (χ1) is 26.4. The molecule has 8 atom stereocenters. The van der Waals surface area contributed by atoms with E-state index in [9.17, 15) is 38.7 Å². The van der Waals surface area contributed by atoms with Crippen molar-refractivity contribution in [2.24, 2.45) is 0 Å². The van der Waals surface area contributed by atoms with Gasteiger partial charge in [-0.25, -0.2) is 4.18 Å². The maximum atomic E-state index is 13.0. The highest BCUT2D eigenvalue weighted by molar-refractivity contribution is 7.80. The summed E-state index contributed by atoms with van der Waals surface area (Å²) >= 11 is 0. The molecule has 0 radical (unpaired) electrons. The summed E-state index contributed by atoms with van der Waals surface area (Å²) in [5.41, 5.74) is 0. The standard InChI is InChI=1S/C41H79NO12S/c1-3-5-7-9-11-13-15-16-17-18-19-20-22-23-25-27-29-34(44)33(42-40(48)35(45)30-28-26-24-21-14-12-10-8-6-4-2)32-52-41-38(47)39(54-55(49,50)51)37(46)36(31-43)53-41/h10,12,33-39,41,43-47H,3-9,11,13-32H2,1-2H3,(H,42,48)(H,49,50,51)/b12-10-. The van der Waals surface area contributed by atoms with Crippen LogP contribution >= 0.6 is 0 Å². The van der Waals surface area contributed by atoms with Gasteiger partial charge >= 0.3 is 10.4 Å². The summed E-state index contributed by atoms with van der Waals surface area (Å²) < 4.78 is 47.4. The average Bonchev–Trinajstić information content (AvgIpc) is 3.15. The Hall–Kier alpha value is -1.20. The predicted molar refractivity (Wildman–Crippen MR) is 215 cm³/mol. The highest BCUT2D eigenvalue weighted by Crippen LogP contribution is 2.26. The van der Waals surface area contributed by atoms with Gasteiger partial charge in [-0.3, -0.25) is 9.35 Å². The van der Waals surface area contributed by atoms with Crippen molar-refractivity contribution in [2.75, 3.05) is 13.2 Å². The summed E-state index contributed by atoms with van der Waals surface area (Å²) in [6.07, 6.45) is 21.3. The molecule has 7 N–H and O–H groups in total. The number of carbonyl (C=O) groups is 1. The molecule has 0 aromatic carbocycles. The maximum absolute atomic E-state index is 13.0. The van der Waals surface area contributed by atoms with Gasteiger partial charge in [-0.05, 0) is 32.1 Å². The first kappa shape index (κ1) is 51.8. The van der Waals surface area contributed by atoms with E-state index in [4.69, 9.17) is 14.0 Å². The Kier molecular flexibility index (Phi) is 30.8. The number of unbranched alkanes of at least 4 members (excludes halogenated alkanes) is 21. The van der Waals surface area contributed by atoms with E-state index in [2.05, 4.69) is 35.5 Å². The van der Waals surface area contributed by atoms with Crippen molar-refractivity contribution in [1.29, 1.82) is 0 Å². The molecule has 1 aliphatic rings. The summed E-state index contributed by atoms with van der Waals surface area (Å²) in [6, 6.07) is -1.03. The summed E-state index contributed by atoms with van der Waals surface area (Å²) in [7, 11) is -5.10. The zero-order valence-corrected chi connectivity index (χ0v) is 34.9. The molecule has 0 bridgehead atoms. The van der Waals surface area contributed by atoms with Gasteiger partial charge in [0.05, 0.1) is 25.4 Å². The minimum absolute atomic E-state index is 0.246. The lowest BCUT2D eigenvalue weighted by Gasteiger charge is -2.41. The van der Waals surface area contributed by atoms with Crippen molar-refractivity contribution >= 4 is 16.3 Å². The van der Waals surface area contributed by atoms with Crippen LogP contribution in [0.5, 0.6) is 0 Å². The lowest BCUT2D eigenvalue weighted by Crippen LogP contribution is -2.61. The van der Waals surface area contributed by atoms with Gasteiger partial charge in [0.1, 0.15) is 30.5 Å². The van der Waals surface area contributed by atoms with Gasteiger partial charge in [-0.1, -0.05) is 161 Å². The van der Waals surface area contributed by atoms with Crippen molar-refractivity contribution in [3.8, 4) is 0 Å². The zero-order chi connectivity index (χ0) is 40.7. The zero-order valence-electron chi connectivity index (χ0n) is 34.1. The monoisotopic (exact) mass is 810 g/mol. The van der Waals surface area contributed by atoms with Gasteiger partial charge in [0.25, 0.3) is 0 Å². The van der Waals surface area contributed by atoms with Crippen molar-refractivity contribution in [3.63, 3.8) is 0 Å². The Balaban J connectivity index is 2.60. The molecule has 1 saturated heterocycles. The molecule has 0 spiro atoms. The number of hydrogen-bond donors (Lipinski definition) is 7. The fourth-order valence-electron chi connectivity index (χ4n) is 6.92. The van der Waals surface area contributed by atoms with Crippen LogP contribution in [0, 0.1) is 0 Å². The van der Waals surface area contributed by atoms with Gasteiger partial charge in [-0.2, -0.15) is 8.42 Å². The van der Waals surface area contributed by atoms with Crippen LogP contribution in [-0.4, -0.2) is 107 Å². The van der Waals surface area contributed by atoms with Gasteiger partial charge in [0.2, 0.25) is 5.91 Å². The Morgan fingerprint density at radius 2 is 1.18 bits per heavy atom. The minimum Gasteiger partial charge on any atom is -0.394 e. The first-order valence-corrected chi connectivity index (χ1v) is 23.0. The molecule has 0 aliphatic carbocycles. The summed E-state index contributed by atoms with van der Waals surface area (Å²) in [6.45, 7) is 3.21. The second-order valence-corrected chi connectivity index (χ2v) is 16.5. The second kappa shape index (κ2) is 32.7. The minimum atomic E-state index is -5.10. The van der Waals surface area contributed by atoms with Gasteiger partial charge in [0.15, 0.2) is 6.29 Å². The molecule has 1 amide bonds. The Bertz CT molecular complexity index is 1060. The van der Waals surface area contributed by atoms with Crippen molar-refractivity contribution < 1.29 is 57.0 Å². The fraction of sp³-hybridized carbons (Fsp3) is 0.927. The van der Waals surface area contributed by atoms with E-state index >= 15 is 0 Å². The largest absolute Gasteiger partial charge is 0.397 e. The fourth-order valence-corrected chi connectivity index (χ4v) is 7.42. The number of hydrogen-bond acceptors (Lipinski definition) is 11. The lowest BCUT2D eigenvalue weighted by molar-refractivity contribution is -0.298. The van der Waals surface area contributed by atoms with Crippen LogP contribution < -0.4 is 5.32 Å². The molecule has 1 fully saturated rings. The third-order valence-electron chi connectivity index (χ3n) is 10.4. The lowest BCUT2D eigenvalue weighted by atomic mass is 9.99. The number of aliphatic hydroxyl groups excluding tert-OH is 5. The SMILES string of the molecule is CCCC/C=C\CCCCCCC(O)C(=O)NC(COC1OC(CO)C(O)C(OS(=O)(=O)O)C1O)C(O)CCCCCCCCCCCCCCCCCC. The molecule has 326 valence electrons. The summed E-state index contributed by atoms with van der Waals surface area (Å²) in [5, 5.41) is 55.1. The summed E-state index contributed by atoms with van der Waals surface area (Å²) in [5.74, 6) is -0.681. The molecule has 1 aliphatic heterocycles. The predicted octanol–water partition coefficient (Wildman–Crippen LogP) is 6.58. The molecule has 55 heavy (non-hydrogen) atoms. The van der Waals surface area contributed by atoms with E-state index in [0.717, 1.165) is 51.4 Å². The molecule has 1 rings (SSSR count). The van der Waals surface area contributed by atoms with Crippen LogP contribution in [-0.2, 0) is 28.9 Å². The van der Waals surface area contributed by atoms with Gasteiger partial charge < -0.3 is 40.3 Å². The molecular weight excluding hydrogens is 731 g/mol. The van der Waals surface area contributed by atoms with Gasteiger partial charge in [0, 0.05) is 0 Å². The van der Waals surface area contributed by atoms with Crippen LogP contribution in [0.1, 0.15) is 181 Å². The molecule has 14 heteroatoms. The Morgan fingerprint density at radius 3 is 1.69 bits per heavy atom. The van der Waals surface area contributed by atoms with Crippen LogP contribution in [0.25, 0.3) is 0 Å². The molecule has 1 heterocycles.